The second-order valence-electron chi connectivity index (χ2n) is 5.27. The van der Waals surface area contributed by atoms with Gasteiger partial charge in [0.05, 0.1) is 6.61 Å². The van der Waals surface area contributed by atoms with Gasteiger partial charge in [0.2, 0.25) is 0 Å². The van der Waals surface area contributed by atoms with Gasteiger partial charge in [0.15, 0.2) is 0 Å². The Kier molecular flexibility index (Phi) is 6.37. The normalized spacial score (nSPS) is 10.1. The van der Waals surface area contributed by atoms with Crippen LogP contribution in [0.15, 0.2) is 48.5 Å². The smallest absolute Gasteiger partial charge is 0.255 e. The van der Waals surface area contributed by atoms with E-state index in [9.17, 15) is 9.59 Å². The van der Waals surface area contributed by atoms with Crippen LogP contribution in [0.1, 0.15) is 41.0 Å². The summed E-state index contributed by atoms with van der Waals surface area (Å²) in [5, 5.41) is 5.53. The molecule has 2 aromatic carbocycles. The van der Waals surface area contributed by atoms with Crippen molar-refractivity contribution in [2.75, 3.05) is 18.5 Å². The molecule has 0 aliphatic carbocycles. The van der Waals surface area contributed by atoms with Crippen molar-refractivity contribution in [1.82, 2.24) is 5.32 Å². The van der Waals surface area contributed by atoms with E-state index in [0.29, 0.717) is 30.0 Å². The molecule has 0 aliphatic rings. The van der Waals surface area contributed by atoms with Crippen LogP contribution < -0.4 is 15.4 Å². The highest BCUT2D eigenvalue weighted by atomic mass is 16.5. The Morgan fingerprint density at radius 3 is 2.38 bits per heavy atom. The molecule has 2 N–H and O–H groups in total. The molecule has 0 unspecified atom stereocenters. The molecule has 2 rings (SSSR count). The molecule has 0 heterocycles. The molecule has 2 amide bonds. The molecule has 5 heteroatoms. The molecule has 0 bridgehead atoms. The van der Waals surface area contributed by atoms with Crippen LogP contribution in [0.2, 0.25) is 0 Å². The number of nitrogens with one attached hydrogen (secondary N) is 2. The number of hydrogen-bond acceptors (Lipinski definition) is 3. The summed E-state index contributed by atoms with van der Waals surface area (Å²) in [7, 11) is 0. The zero-order chi connectivity index (χ0) is 17.4. The standard InChI is InChI=1S/C19H22N2O3/c1-3-12-24-17-10-8-14(9-11-17)19(23)21-16-7-5-6-15(13-16)18(22)20-4-2/h5-11,13H,3-4,12H2,1-2H3,(H,20,22)(H,21,23). The van der Waals surface area contributed by atoms with Gasteiger partial charge in [-0.25, -0.2) is 0 Å². The molecule has 126 valence electrons. The number of anilines is 1. The molecule has 0 saturated carbocycles. The number of amides is 2. The molecule has 0 aliphatic heterocycles. The number of rotatable bonds is 7. The van der Waals surface area contributed by atoms with Crippen LogP contribution in [-0.4, -0.2) is 25.0 Å². The van der Waals surface area contributed by atoms with E-state index in [-0.39, 0.29) is 11.8 Å². The summed E-state index contributed by atoms with van der Waals surface area (Å²) in [6, 6.07) is 13.8. The molecule has 2 aromatic rings. The number of carbonyl (C=O) groups excluding carboxylic acids is 2. The fourth-order valence-electron chi connectivity index (χ4n) is 2.13. The van der Waals surface area contributed by atoms with E-state index in [1.807, 2.05) is 13.8 Å². The summed E-state index contributed by atoms with van der Waals surface area (Å²) < 4.78 is 5.50. The molecule has 0 fully saturated rings. The fraction of sp³-hybridized carbons (Fsp3) is 0.263. The van der Waals surface area contributed by atoms with E-state index in [0.717, 1.165) is 12.2 Å². The van der Waals surface area contributed by atoms with Crippen LogP contribution >= 0.6 is 0 Å². The first-order valence-electron chi connectivity index (χ1n) is 8.06. The van der Waals surface area contributed by atoms with Gasteiger partial charge >= 0.3 is 0 Å². The van der Waals surface area contributed by atoms with Crippen molar-refractivity contribution in [2.45, 2.75) is 20.3 Å². The molecular formula is C19H22N2O3. The third-order valence-electron chi connectivity index (χ3n) is 3.31. The Hall–Kier alpha value is -2.82. The van der Waals surface area contributed by atoms with Gasteiger partial charge in [-0.15, -0.1) is 0 Å². The predicted molar refractivity (Wildman–Crippen MR) is 94.6 cm³/mol. The topological polar surface area (TPSA) is 67.4 Å². The van der Waals surface area contributed by atoms with E-state index < -0.39 is 0 Å². The van der Waals surface area contributed by atoms with Gasteiger partial charge in [0, 0.05) is 23.4 Å². The molecule has 0 saturated heterocycles. The van der Waals surface area contributed by atoms with Crippen molar-refractivity contribution >= 4 is 17.5 Å². The minimum absolute atomic E-state index is 0.161. The second kappa shape index (κ2) is 8.72. The summed E-state index contributed by atoms with van der Waals surface area (Å²) >= 11 is 0. The van der Waals surface area contributed by atoms with Crippen LogP contribution in [0.4, 0.5) is 5.69 Å². The lowest BCUT2D eigenvalue weighted by Crippen LogP contribution is -2.22. The van der Waals surface area contributed by atoms with E-state index >= 15 is 0 Å². The third kappa shape index (κ3) is 4.84. The third-order valence-corrected chi connectivity index (χ3v) is 3.31. The molecule has 5 nitrogen and oxygen atoms in total. The van der Waals surface area contributed by atoms with Gasteiger partial charge in [0.1, 0.15) is 5.75 Å². The lowest BCUT2D eigenvalue weighted by molar-refractivity contribution is 0.0954. The van der Waals surface area contributed by atoms with Crippen LogP contribution in [-0.2, 0) is 0 Å². The second-order valence-corrected chi connectivity index (χ2v) is 5.27. The number of carbonyl (C=O) groups is 2. The molecular weight excluding hydrogens is 304 g/mol. The maximum absolute atomic E-state index is 12.3. The van der Waals surface area contributed by atoms with E-state index in [1.54, 1.807) is 48.5 Å². The van der Waals surface area contributed by atoms with Gasteiger partial charge in [-0.1, -0.05) is 13.0 Å². The largest absolute Gasteiger partial charge is 0.494 e. The van der Waals surface area contributed by atoms with Crippen molar-refractivity contribution in [3.05, 3.63) is 59.7 Å². The highest BCUT2D eigenvalue weighted by Gasteiger charge is 2.09. The zero-order valence-electron chi connectivity index (χ0n) is 14.0. The highest BCUT2D eigenvalue weighted by Crippen LogP contribution is 2.15. The summed E-state index contributed by atoms with van der Waals surface area (Å²) in [4.78, 5) is 24.1. The molecule has 0 atom stereocenters. The van der Waals surface area contributed by atoms with Crippen molar-refractivity contribution in [2.24, 2.45) is 0 Å². The van der Waals surface area contributed by atoms with E-state index in [2.05, 4.69) is 10.6 Å². The van der Waals surface area contributed by atoms with Crippen molar-refractivity contribution in [1.29, 1.82) is 0 Å². The van der Waals surface area contributed by atoms with Gasteiger partial charge in [-0.3, -0.25) is 9.59 Å². The lowest BCUT2D eigenvalue weighted by Gasteiger charge is -2.09. The van der Waals surface area contributed by atoms with Crippen molar-refractivity contribution in [3.63, 3.8) is 0 Å². The monoisotopic (exact) mass is 326 g/mol. The van der Waals surface area contributed by atoms with Gasteiger partial charge in [-0.2, -0.15) is 0 Å². The first-order valence-corrected chi connectivity index (χ1v) is 8.06. The quantitative estimate of drug-likeness (QED) is 0.818. The number of benzene rings is 2. The fourth-order valence-corrected chi connectivity index (χ4v) is 2.13. The average Bonchev–Trinajstić information content (AvgIpc) is 2.61. The molecule has 0 spiro atoms. The Balaban J connectivity index is 2.04. The number of hydrogen-bond donors (Lipinski definition) is 2. The van der Waals surface area contributed by atoms with Gasteiger partial charge in [0.25, 0.3) is 11.8 Å². The SMILES string of the molecule is CCCOc1ccc(C(=O)Nc2cccc(C(=O)NCC)c2)cc1. The van der Waals surface area contributed by atoms with Crippen LogP contribution in [0.3, 0.4) is 0 Å². The lowest BCUT2D eigenvalue weighted by atomic mass is 10.1. The maximum Gasteiger partial charge on any atom is 0.255 e. The molecule has 0 aromatic heterocycles. The molecule has 24 heavy (non-hydrogen) atoms. The van der Waals surface area contributed by atoms with Crippen LogP contribution in [0.25, 0.3) is 0 Å². The summed E-state index contributed by atoms with van der Waals surface area (Å²) in [5.74, 6) is 0.350. The zero-order valence-corrected chi connectivity index (χ0v) is 14.0. The van der Waals surface area contributed by atoms with Crippen LogP contribution in [0, 0.1) is 0 Å². The minimum atomic E-state index is -0.231. The minimum Gasteiger partial charge on any atom is -0.494 e. The van der Waals surface area contributed by atoms with E-state index in [1.165, 1.54) is 0 Å². The summed E-state index contributed by atoms with van der Waals surface area (Å²) in [5.41, 5.74) is 1.62. The highest BCUT2D eigenvalue weighted by molar-refractivity contribution is 6.05. The predicted octanol–water partition coefficient (Wildman–Crippen LogP) is 3.48. The number of ether oxygens (including phenoxy) is 1. The Morgan fingerprint density at radius 2 is 1.71 bits per heavy atom. The van der Waals surface area contributed by atoms with Crippen molar-refractivity contribution in [3.8, 4) is 5.75 Å². The Morgan fingerprint density at radius 1 is 0.958 bits per heavy atom. The van der Waals surface area contributed by atoms with Crippen LogP contribution in [0.5, 0.6) is 5.75 Å². The first-order chi connectivity index (χ1) is 11.6. The Bertz CT molecular complexity index is 696. The first kappa shape index (κ1) is 17.5. The summed E-state index contributed by atoms with van der Waals surface area (Å²) in [6.07, 6.45) is 0.935. The molecule has 0 radical (unpaired) electrons. The Labute approximate surface area is 142 Å². The van der Waals surface area contributed by atoms with E-state index in [4.69, 9.17) is 4.74 Å². The van der Waals surface area contributed by atoms with Gasteiger partial charge < -0.3 is 15.4 Å². The maximum atomic E-state index is 12.3. The van der Waals surface area contributed by atoms with Crippen molar-refractivity contribution < 1.29 is 14.3 Å². The average molecular weight is 326 g/mol. The van der Waals surface area contributed by atoms with Gasteiger partial charge in [-0.05, 0) is 55.8 Å². The summed E-state index contributed by atoms with van der Waals surface area (Å²) in [6.45, 7) is 5.11.